The van der Waals surface area contributed by atoms with Gasteiger partial charge in [0.15, 0.2) is 0 Å². The second kappa shape index (κ2) is 2.90. The molecule has 1 aliphatic carbocycles. The summed E-state index contributed by atoms with van der Waals surface area (Å²) in [6.07, 6.45) is 7.22. The number of nitrogens with zero attached hydrogens (tertiary/aromatic N) is 1. The maximum atomic E-state index is 10.1. The van der Waals surface area contributed by atoms with Gasteiger partial charge in [0.1, 0.15) is 26.7 Å². The standard InChI is InChI=1S/C6H3INO2/c7-5-1-3-6(4-2-5)8(9)10/h1-3H/q+1. The summed E-state index contributed by atoms with van der Waals surface area (Å²) in [5, 5.41) is 10.1. The molecule has 3 nitrogen and oxygen atoms in total. The minimum absolute atomic E-state index is 0.0143. The summed E-state index contributed by atoms with van der Waals surface area (Å²) in [7, 11) is 0. The van der Waals surface area contributed by atoms with Crippen molar-refractivity contribution in [3.05, 3.63) is 43.7 Å². The summed E-state index contributed by atoms with van der Waals surface area (Å²) in [6.45, 7) is 0. The summed E-state index contributed by atoms with van der Waals surface area (Å²) in [6, 6.07) is 0. The fraction of sp³-hybridized carbons (Fsp3) is 0. The lowest BCUT2D eigenvalue weighted by Gasteiger charge is -1.84. The molecule has 0 aromatic rings. The fourth-order valence-corrected chi connectivity index (χ4v) is 0.847. The van der Waals surface area contributed by atoms with E-state index in [-0.39, 0.29) is 5.70 Å². The van der Waals surface area contributed by atoms with Gasteiger partial charge in [-0.25, -0.2) is 0 Å². The van der Waals surface area contributed by atoms with Gasteiger partial charge in [0.05, 0.1) is 6.08 Å². The van der Waals surface area contributed by atoms with Crippen molar-refractivity contribution in [2.45, 2.75) is 0 Å². The van der Waals surface area contributed by atoms with Gasteiger partial charge in [-0.2, -0.15) is 0 Å². The van der Waals surface area contributed by atoms with Gasteiger partial charge < -0.3 is 0 Å². The van der Waals surface area contributed by atoms with E-state index < -0.39 is 4.92 Å². The molecule has 0 N–H and O–H groups in total. The van der Waals surface area contributed by atoms with Crippen LogP contribution in [0.2, 0.25) is 0 Å². The summed E-state index contributed by atoms with van der Waals surface area (Å²) < 4.78 is 0.947. The molecule has 0 radical (unpaired) electrons. The molecule has 0 heterocycles. The van der Waals surface area contributed by atoms with Crippen LogP contribution in [-0.2, 0) is 0 Å². The zero-order valence-corrected chi connectivity index (χ0v) is 7.03. The average Bonchev–Trinajstić information content (AvgIpc) is 1.88. The van der Waals surface area contributed by atoms with Gasteiger partial charge in [0.25, 0.3) is 0 Å². The first-order valence-electron chi connectivity index (χ1n) is 2.52. The van der Waals surface area contributed by atoms with E-state index in [2.05, 4.69) is 28.7 Å². The van der Waals surface area contributed by atoms with Crippen LogP contribution < -0.4 is 0 Å². The van der Waals surface area contributed by atoms with Gasteiger partial charge in [-0.15, -0.1) is 0 Å². The van der Waals surface area contributed by atoms with Crippen molar-refractivity contribution in [1.29, 1.82) is 0 Å². The number of hydrogen-bond acceptors (Lipinski definition) is 2. The Kier molecular flexibility index (Phi) is 2.13. The second-order valence-corrected chi connectivity index (χ2v) is 2.89. The third-order valence-corrected chi connectivity index (χ3v) is 1.63. The Morgan fingerprint density at radius 2 is 2.30 bits per heavy atom. The van der Waals surface area contributed by atoms with E-state index >= 15 is 0 Å². The largest absolute Gasteiger partial charge is 0.427 e. The normalized spacial score (nSPS) is 15.3. The topological polar surface area (TPSA) is 43.1 Å². The van der Waals surface area contributed by atoms with Crippen LogP contribution in [0.4, 0.5) is 0 Å². The molecule has 0 amide bonds. The predicted octanol–water partition coefficient (Wildman–Crippen LogP) is 1.84. The molecule has 4 heteroatoms. The maximum absolute atomic E-state index is 10.1. The number of allylic oxidation sites excluding steroid dienone is 5. The molecule has 1 aliphatic rings. The molecular weight excluding hydrogens is 245 g/mol. The highest BCUT2D eigenvalue weighted by Gasteiger charge is 2.17. The molecule has 0 aromatic carbocycles. The zero-order chi connectivity index (χ0) is 7.56. The van der Waals surface area contributed by atoms with Crippen molar-refractivity contribution in [2.75, 3.05) is 0 Å². The third kappa shape index (κ3) is 1.62. The van der Waals surface area contributed by atoms with E-state index in [1.54, 1.807) is 12.2 Å². The lowest BCUT2D eigenvalue weighted by molar-refractivity contribution is -0.419. The highest BCUT2D eigenvalue weighted by Crippen LogP contribution is 2.14. The molecule has 0 atom stereocenters. The Hall–Kier alpha value is -0.740. The first kappa shape index (κ1) is 7.37. The van der Waals surface area contributed by atoms with Crippen LogP contribution >= 0.6 is 22.6 Å². The lowest BCUT2D eigenvalue weighted by Crippen LogP contribution is -1.96. The summed E-state index contributed by atoms with van der Waals surface area (Å²) in [5.74, 6) is 0. The van der Waals surface area contributed by atoms with Crippen LogP contribution in [0.25, 0.3) is 0 Å². The first-order valence-corrected chi connectivity index (χ1v) is 3.59. The minimum atomic E-state index is -0.462. The van der Waals surface area contributed by atoms with Crippen LogP contribution in [-0.4, -0.2) is 4.92 Å². The minimum Gasteiger partial charge on any atom is -0.256 e. The van der Waals surface area contributed by atoms with Crippen LogP contribution in [0.3, 0.4) is 0 Å². The highest BCUT2D eigenvalue weighted by molar-refractivity contribution is 14.1. The molecule has 0 fully saturated rings. The van der Waals surface area contributed by atoms with Crippen LogP contribution in [0, 0.1) is 16.2 Å². The van der Waals surface area contributed by atoms with Gasteiger partial charge in [-0.3, -0.25) is 10.1 Å². The first-order chi connectivity index (χ1) is 4.70. The monoisotopic (exact) mass is 248 g/mol. The lowest BCUT2D eigenvalue weighted by atomic mass is 10.2. The molecule has 50 valence electrons. The number of rotatable bonds is 1. The molecule has 1 rings (SSSR count). The summed E-state index contributed by atoms with van der Waals surface area (Å²) >= 11 is 2.07. The molecule has 0 saturated heterocycles. The average molecular weight is 248 g/mol. The van der Waals surface area contributed by atoms with Crippen LogP contribution in [0.1, 0.15) is 0 Å². The van der Waals surface area contributed by atoms with Crippen LogP contribution in [0.15, 0.2) is 27.5 Å². The number of halogens is 1. The van der Waals surface area contributed by atoms with Gasteiger partial charge in [-0.1, -0.05) is 0 Å². The van der Waals surface area contributed by atoms with E-state index in [9.17, 15) is 10.1 Å². The van der Waals surface area contributed by atoms with E-state index in [0.29, 0.717) is 0 Å². The van der Waals surface area contributed by atoms with Crippen LogP contribution in [0.5, 0.6) is 0 Å². The summed E-state index contributed by atoms with van der Waals surface area (Å²) in [4.78, 5) is 9.62. The van der Waals surface area contributed by atoms with Gasteiger partial charge >= 0.3 is 5.70 Å². The second-order valence-electron chi connectivity index (χ2n) is 1.65. The Morgan fingerprint density at radius 1 is 1.60 bits per heavy atom. The van der Waals surface area contributed by atoms with E-state index in [1.807, 2.05) is 0 Å². The van der Waals surface area contributed by atoms with Crippen molar-refractivity contribution in [3.63, 3.8) is 0 Å². The molecule has 0 spiro atoms. The molecule has 0 unspecified atom stereocenters. The van der Waals surface area contributed by atoms with Crippen molar-refractivity contribution < 1.29 is 4.92 Å². The Bertz CT molecular complexity index is 252. The van der Waals surface area contributed by atoms with Crippen molar-refractivity contribution >= 4 is 22.6 Å². The van der Waals surface area contributed by atoms with Gasteiger partial charge in [0, 0.05) is 22.6 Å². The number of nitro groups is 1. The molecule has 0 aliphatic heterocycles. The van der Waals surface area contributed by atoms with Crippen molar-refractivity contribution in [1.82, 2.24) is 0 Å². The Balaban J connectivity index is 2.88. The molecular formula is C6H3INO2+. The highest BCUT2D eigenvalue weighted by atomic mass is 127. The van der Waals surface area contributed by atoms with E-state index in [4.69, 9.17) is 0 Å². The predicted molar refractivity (Wildman–Crippen MR) is 45.0 cm³/mol. The van der Waals surface area contributed by atoms with E-state index in [0.717, 1.165) is 3.58 Å². The van der Waals surface area contributed by atoms with E-state index in [1.165, 1.54) is 6.08 Å². The molecule has 0 aromatic heterocycles. The Morgan fingerprint density at radius 3 is 2.70 bits per heavy atom. The molecule has 10 heavy (non-hydrogen) atoms. The SMILES string of the molecule is O=[N+]([O-])C1=[C+]C=C(I)C=C1. The number of hydrogen-bond donors (Lipinski definition) is 0. The summed E-state index contributed by atoms with van der Waals surface area (Å²) in [5.41, 5.74) is 0.0143. The van der Waals surface area contributed by atoms with Crippen molar-refractivity contribution in [3.8, 4) is 0 Å². The molecule has 0 bridgehead atoms. The smallest absolute Gasteiger partial charge is 0.256 e. The zero-order valence-electron chi connectivity index (χ0n) is 4.87. The quantitative estimate of drug-likeness (QED) is 0.307. The third-order valence-electron chi connectivity index (χ3n) is 0.955. The van der Waals surface area contributed by atoms with Crippen molar-refractivity contribution in [2.24, 2.45) is 0 Å². The molecule has 0 saturated carbocycles. The fourth-order valence-electron chi connectivity index (χ4n) is 0.511. The maximum Gasteiger partial charge on any atom is 0.427 e. The Labute approximate surface area is 71.4 Å². The van der Waals surface area contributed by atoms with Gasteiger partial charge in [0.2, 0.25) is 0 Å². The van der Waals surface area contributed by atoms with Gasteiger partial charge in [-0.05, 0) is 0 Å².